The molecule has 3 rings (SSSR count). The minimum atomic E-state index is -0.259. The van der Waals surface area contributed by atoms with Gasteiger partial charge in [0.25, 0.3) is 0 Å². The Labute approximate surface area is 170 Å². The van der Waals surface area contributed by atoms with Crippen molar-refractivity contribution in [1.82, 2.24) is 10.2 Å². The van der Waals surface area contributed by atoms with E-state index in [1.807, 2.05) is 19.1 Å². The molecule has 0 radical (unpaired) electrons. The number of nitrogens with one attached hydrogen (secondary N) is 1. The first kappa shape index (κ1) is 20.4. The van der Waals surface area contributed by atoms with Crippen LogP contribution in [0.2, 0.25) is 5.02 Å². The van der Waals surface area contributed by atoms with E-state index in [4.69, 9.17) is 21.1 Å². The second-order valence-electron chi connectivity index (χ2n) is 5.98. The summed E-state index contributed by atoms with van der Waals surface area (Å²) >= 11 is 6.27. The first-order valence-corrected chi connectivity index (χ1v) is 8.84. The number of aliphatic imine (C=N–C) groups is 1. The van der Waals surface area contributed by atoms with Gasteiger partial charge in [-0.3, -0.25) is 4.99 Å². The summed E-state index contributed by atoms with van der Waals surface area (Å²) in [5.74, 6) is 2.20. The maximum atomic E-state index is 9.70. The lowest BCUT2D eigenvalue weighted by molar-refractivity contribution is 0.171. The van der Waals surface area contributed by atoms with Crippen molar-refractivity contribution in [2.24, 2.45) is 4.99 Å². The van der Waals surface area contributed by atoms with E-state index in [2.05, 4.69) is 15.2 Å². The lowest BCUT2D eigenvalue weighted by Gasteiger charge is -2.21. The van der Waals surface area contributed by atoms with Gasteiger partial charge in [-0.15, -0.1) is 24.0 Å². The molecule has 140 valence electrons. The SMILES string of the molecule is CCNC(=NCCc1cc(Cl)c2c(c1)OCCO2)N1CC[C@@H](O)C1.I. The lowest BCUT2D eigenvalue weighted by atomic mass is 10.1. The molecule has 0 spiro atoms. The first-order chi connectivity index (χ1) is 11.7. The second kappa shape index (κ2) is 9.68. The summed E-state index contributed by atoms with van der Waals surface area (Å²) in [5.41, 5.74) is 1.07. The number of guanidine groups is 1. The number of nitrogens with zero attached hydrogens (tertiary/aromatic N) is 2. The van der Waals surface area contributed by atoms with Gasteiger partial charge in [0, 0.05) is 26.2 Å². The third-order valence-electron chi connectivity index (χ3n) is 4.12. The van der Waals surface area contributed by atoms with Gasteiger partial charge in [0.1, 0.15) is 13.2 Å². The van der Waals surface area contributed by atoms with E-state index in [1.54, 1.807) is 0 Å². The Morgan fingerprint density at radius 2 is 2.20 bits per heavy atom. The Kier molecular flexibility index (Phi) is 7.89. The van der Waals surface area contributed by atoms with E-state index in [0.717, 1.165) is 37.5 Å². The van der Waals surface area contributed by atoms with Gasteiger partial charge >= 0.3 is 0 Å². The van der Waals surface area contributed by atoms with Crippen molar-refractivity contribution >= 4 is 41.5 Å². The summed E-state index contributed by atoms with van der Waals surface area (Å²) < 4.78 is 11.1. The number of hydrogen-bond donors (Lipinski definition) is 2. The molecule has 1 aromatic carbocycles. The number of likely N-dealkylation sites (tertiary alicyclic amines) is 1. The molecule has 2 N–H and O–H groups in total. The van der Waals surface area contributed by atoms with E-state index in [9.17, 15) is 5.11 Å². The van der Waals surface area contributed by atoms with Crippen LogP contribution in [0.15, 0.2) is 17.1 Å². The fourth-order valence-electron chi connectivity index (χ4n) is 2.96. The molecule has 0 aromatic heterocycles. The molecule has 0 saturated carbocycles. The average Bonchev–Trinajstić information content (AvgIpc) is 3.00. The van der Waals surface area contributed by atoms with E-state index >= 15 is 0 Å². The number of halogens is 2. The number of benzene rings is 1. The predicted octanol–water partition coefficient (Wildman–Crippen LogP) is 2.30. The Morgan fingerprint density at radius 3 is 2.92 bits per heavy atom. The van der Waals surface area contributed by atoms with E-state index in [-0.39, 0.29) is 30.1 Å². The number of rotatable bonds is 4. The minimum absolute atomic E-state index is 0. The molecule has 8 heteroatoms. The summed E-state index contributed by atoms with van der Waals surface area (Å²) in [6, 6.07) is 3.89. The number of aliphatic hydroxyl groups is 1. The number of hydrogen-bond acceptors (Lipinski definition) is 4. The lowest BCUT2D eigenvalue weighted by Crippen LogP contribution is -2.40. The van der Waals surface area contributed by atoms with Gasteiger partial charge in [-0.05, 0) is 37.5 Å². The summed E-state index contributed by atoms with van der Waals surface area (Å²) in [4.78, 5) is 6.77. The van der Waals surface area contributed by atoms with Crippen LogP contribution in [-0.4, -0.2) is 61.5 Å². The zero-order valence-electron chi connectivity index (χ0n) is 14.3. The first-order valence-electron chi connectivity index (χ1n) is 8.46. The Bertz CT molecular complexity index is 615. The topological polar surface area (TPSA) is 66.3 Å². The molecule has 2 heterocycles. The zero-order valence-corrected chi connectivity index (χ0v) is 17.4. The molecule has 1 fully saturated rings. The van der Waals surface area contributed by atoms with Gasteiger partial charge in [0.05, 0.1) is 11.1 Å². The monoisotopic (exact) mass is 481 g/mol. The molecule has 6 nitrogen and oxygen atoms in total. The van der Waals surface area contributed by atoms with Gasteiger partial charge in [0.2, 0.25) is 0 Å². The molecule has 1 atom stereocenters. The van der Waals surface area contributed by atoms with Crippen LogP contribution in [0, 0.1) is 0 Å². The van der Waals surface area contributed by atoms with Gasteiger partial charge in [-0.2, -0.15) is 0 Å². The Morgan fingerprint density at radius 1 is 1.40 bits per heavy atom. The largest absolute Gasteiger partial charge is 0.486 e. The highest BCUT2D eigenvalue weighted by Gasteiger charge is 2.22. The predicted molar refractivity (Wildman–Crippen MR) is 110 cm³/mol. The van der Waals surface area contributed by atoms with Gasteiger partial charge in [-0.1, -0.05) is 11.6 Å². The third kappa shape index (κ3) is 5.27. The summed E-state index contributed by atoms with van der Waals surface area (Å²) in [6.45, 7) is 6.05. The quantitative estimate of drug-likeness (QED) is 0.392. The standard InChI is InChI=1S/C17H24ClN3O3.HI/c1-2-19-17(21-6-4-13(22)11-21)20-5-3-12-9-14(18)16-15(10-12)23-7-8-24-16;/h9-10,13,22H,2-8,11H2,1H3,(H,19,20);1H/t13-;/m1./s1. The highest BCUT2D eigenvalue weighted by molar-refractivity contribution is 14.0. The molecule has 25 heavy (non-hydrogen) atoms. The van der Waals surface area contributed by atoms with Crippen molar-refractivity contribution in [3.63, 3.8) is 0 Å². The van der Waals surface area contributed by atoms with Crippen LogP contribution in [-0.2, 0) is 6.42 Å². The maximum absolute atomic E-state index is 9.70. The van der Waals surface area contributed by atoms with Crippen molar-refractivity contribution in [3.8, 4) is 11.5 Å². The molecule has 0 unspecified atom stereocenters. The molecule has 0 aliphatic carbocycles. The molecule has 1 aromatic rings. The Hall–Kier alpha value is -0.930. The smallest absolute Gasteiger partial charge is 0.194 e. The summed E-state index contributed by atoms with van der Waals surface area (Å²) in [5, 5.41) is 13.6. The third-order valence-corrected chi connectivity index (χ3v) is 4.40. The maximum Gasteiger partial charge on any atom is 0.194 e. The van der Waals surface area contributed by atoms with E-state index in [1.165, 1.54) is 0 Å². The molecule has 1 saturated heterocycles. The van der Waals surface area contributed by atoms with Gasteiger partial charge < -0.3 is 24.8 Å². The van der Waals surface area contributed by atoms with Crippen molar-refractivity contribution in [2.75, 3.05) is 39.4 Å². The highest BCUT2D eigenvalue weighted by Crippen LogP contribution is 2.38. The minimum Gasteiger partial charge on any atom is -0.486 e. The van der Waals surface area contributed by atoms with Crippen LogP contribution in [0.5, 0.6) is 11.5 Å². The number of β-amino-alcohol motifs (C(OH)–C–C–N with tert-alkyl or cyclic N) is 1. The fourth-order valence-corrected chi connectivity index (χ4v) is 3.25. The van der Waals surface area contributed by atoms with Gasteiger partial charge in [-0.25, -0.2) is 0 Å². The van der Waals surface area contributed by atoms with Crippen LogP contribution in [0.3, 0.4) is 0 Å². The van der Waals surface area contributed by atoms with Crippen molar-refractivity contribution in [1.29, 1.82) is 0 Å². The van der Waals surface area contributed by atoms with Crippen LogP contribution in [0.25, 0.3) is 0 Å². The molecule has 0 amide bonds. The fraction of sp³-hybridized carbons (Fsp3) is 0.588. The van der Waals surface area contributed by atoms with Crippen LogP contribution < -0.4 is 14.8 Å². The van der Waals surface area contributed by atoms with Crippen LogP contribution in [0.4, 0.5) is 0 Å². The molecule has 2 aliphatic rings. The number of aliphatic hydroxyl groups excluding tert-OH is 1. The zero-order chi connectivity index (χ0) is 16.9. The van der Waals surface area contributed by atoms with Crippen LogP contribution in [0.1, 0.15) is 18.9 Å². The second-order valence-corrected chi connectivity index (χ2v) is 6.38. The summed E-state index contributed by atoms with van der Waals surface area (Å²) in [6.07, 6.45) is 1.30. The number of fused-ring (bicyclic) bond motifs is 1. The molecule has 0 bridgehead atoms. The van der Waals surface area contributed by atoms with Crippen molar-refractivity contribution in [2.45, 2.75) is 25.9 Å². The number of ether oxygens (including phenoxy) is 2. The molecule has 2 aliphatic heterocycles. The van der Waals surface area contributed by atoms with Gasteiger partial charge in [0.15, 0.2) is 17.5 Å². The van der Waals surface area contributed by atoms with E-state index in [0.29, 0.717) is 42.8 Å². The molecular weight excluding hydrogens is 457 g/mol. The van der Waals surface area contributed by atoms with Crippen LogP contribution >= 0.6 is 35.6 Å². The Balaban J connectivity index is 0.00000225. The highest BCUT2D eigenvalue weighted by atomic mass is 127. The summed E-state index contributed by atoms with van der Waals surface area (Å²) in [7, 11) is 0. The van der Waals surface area contributed by atoms with Crippen molar-refractivity contribution in [3.05, 3.63) is 22.7 Å². The average molecular weight is 482 g/mol. The van der Waals surface area contributed by atoms with E-state index < -0.39 is 0 Å². The molecular formula is C17H25ClIN3O3. The normalized spacial score (nSPS) is 19.6. The van der Waals surface area contributed by atoms with Crippen molar-refractivity contribution < 1.29 is 14.6 Å².